The lowest BCUT2D eigenvalue weighted by molar-refractivity contribution is 0.397. The molecule has 0 saturated heterocycles. The summed E-state index contributed by atoms with van der Waals surface area (Å²) in [5, 5.41) is 2.94. The zero-order valence-corrected chi connectivity index (χ0v) is 14.2. The van der Waals surface area contributed by atoms with Crippen LogP contribution in [0.1, 0.15) is 9.75 Å². The molecule has 0 aliphatic carbocycles. The van der Waals surface area contributed by atoms with Crippen LogP contribution in [0.15, 0.2) is 23.2 Å². The molecule has 0 aliphatic heterocycles. The summed E-state index contributed by atoms with van der Waals surface area (Å²) in [7, 11) is -1.96. The molecule has 0 radical (unpaired) electrons. The molecule has 2 aromatic heterocycles. The molecule has 2 heterocycles. The molecule has 22 heavy (non-hydrogen) atoms. The molecular formula is C13H18N4O3S2. The van der Waals surface area contributed by atoms with Crippen molar-refractivity contribution in [2.45, 2.75) is 18.7 Å². The summed E-state index contributed by atoms with van der Waals surface area (Å²) in [6, 6.07) is 3.32. The lowest BCUT2D eigenvalue weighted by Gasteiger charge is -2.08. The summed E-state index contributed by atoms with van der Waals surface area (Å²) in [5.41, 5.74) is 0. The van der Waals surface area contributed by atoms with Crippen molar-refractivity contribution in [1.29, 1.82) is 0 Å². The topological polar surface area (TPSA) is 93.2 Å². The molecule has 0 spiro atoms. The van der Waals surface area contributed by atoms with Gasteiger partial charge in [-0.15, -0.1) is 11.3 Å². The van der Waals surface area contributed by atoms with Gasteiger partial charge >= 0.3 is 0 Å². The van der Waals surface area contributed by atoms with E-state index in [1.54, 1.807) is 25.3 Å². The summed E-state index contributed by atoms with van der Waals surface area (Å²) in [5.74, 6) is 0.837. The number of sulfonamides is 1. The van der Waals surface area contributed by atoms with E-state index in [-0.39, 0.29) is 6.54 Å². The number of anilines is 1. The molecular weight excluding hydrogens is 324 g/mol. The van der Waals surface area contributed by atoms with Crippen LogP contribution in [-0.2, 0) is 10.0 Å². The van der Waals surface area contributed by atoms with Gasteiger partial charge in [-0.25, -0.2) is 18.1 Å². The van der Waals surface area contributed by atoms with E-state index >= 15 is 0 Å². The highest BCUT2D eigenvalue weighted by Gasteiger charge is 2.18. The van der Waals surface area contributed by atoms with E-state index in [0.29, 0.717) is 23.3 Å². The molecule has 0 aromatic carbocycles. The number of nitrogens with zero attached hydrogens (tertiary/aromatic N) is 2. The van der Waals surface area contributed by atoms with Gasteiger partial charge in [-0.2, -0.15) is 4.98 Å². The molecule has 2 rings (SSSR count). The van der Waals surface area contributed by atoms with Gasteiger partial charge in [0.15, 0.2) is 0 Å². The number of nitrogens with one attached hydrogen (secondary N) is 2. The molecule has 0 fully saturated rings. The van der Waals surface area contributed by atoms with E-state index in [0.717, 1.165) is 9.75 Å². The third-order valence-corrected chi connectivity index (χ3v) is 5.51. The van der Waals surface area contributed by atoms with Crippen LogP contribution in [0.25, 0.3) is 0 Å². The van der Waals surface area contributed by atoms with Crippen LogP contribution in [0.3, 0.4) is 0 Å². The van der Waals surface area contributed by atoms with Crippen molar-refractivity contribution in [2.75, 3.05) is 25.5 Å². The van der Waals surface area contributed by atoms with Crippen molar-refractivity contribution in [3.63, 3.8) is 0 Å². The number of hydrogen-bond donors (Lipinski definition) is 2. The van der Waals surface area contributed by atoms with Crippen LogP contribution in [0, 0.1) is 13.8 Å². The summed E-state index contributed by atoms with van der Waals surface area (Å²) in [4.78, 5) is 10.2. The van der Waals surface area contributed by atoms with Gasteiger partial charge in [0, 0.05) is 35.1 Å². The van der Waals surface area contributed by atoms with Crippen molar-refractivity contribution < 1.29 is 13.2 Å². The number of thiophene rings is 1. The van der Waals surface area contributed by atoms with Gasteiger partial charge in [0.25, 0.3) is 0 Å². The first-order chi connectivity index (χ1) is 10.4. The maximum absolute atomic E-state index is 12.2. The normalized spacial score (nSPS) is 11.4. The molecule has 2 aromatic rings. The molecule has 0 unspecified atom stereocenters. The van der Waals surface area contributed by atoms with Gasteiger partial charge in [0.05, 0.1) is 12.0 Å². The predicted molar refractivity (Wildman–Crippen MR) is 86.1 cm³/mol. The van der Waals surface area contributed by atoms with Crippen LogP contribution in [-0.4, -0.2) is 38.6 Å². The van der Waals surface area contributed by atoms with Crippen LogP contribution in [0.2, 0.25) is 0 Å². The Kier molecular flexibility index (Phi) is 5.33. The van der Waals surface area contributed by atoms with Crippen molar-refractivity contribution in [3.05, 3.63) is 28.1 Å². The van der Waals surface area contributed by atoms with Crippen molar-refractivity contribution in [1.82, 2.24) is 14.7 Å². The van der Waals surface area contributed by atoms with E-state index < -0.39 is 10.0 Å². The Bertz CT molecular complexity index is 743. The van der Waals surface area contributed by atoms with Crippen molar-refractivity contribution >= 4 is 27.3 Å². The van der Waals surface area contributed by atoms with Gasteiger partial charge in [0.2, 0.25) is 21.9 Å². The average molecular weight is 342 g/mol. The SMILES string of the molecule is COc1ccnc(NCCNS(=O)(=O)c2cc(C)sc2C)n1. The molecule has 120 valence electrons. The summed E-state index contributed by atoms with van der Waals surface area (Å²) in [6.45, 7) is 4.29. The first-order valence-corrected chi connectivity index (χ1v) is 8.90. The van der Waals surface area contributed by atoms with Crippen LogP contribution >= 0.6 is 11.3 Å². The first-order valence-electron chi connectivity index (χ1n) is 6.60. The van der Waals surface area contributed by atoms with Crippen molar-refractivity contribution in [2.24, 2.45) is 0 Å². The zero-order chi connectivity index (χ0) is 16.2. The number of aromatic nitrogens is 2. The fourth-order valence-electron chi connectivity index (χ4n) is 1.85. The van der Waals surface area contributed by atoms with Gasteiger partial charge in [-0.3, -0.25) is 0 Å². The predicted octanol–water partition coefficient (Wildman–Crippen LogP) is 1.55. The molecule has 9 heteroatoms. The number of hydrogen-bond acceptors (Lipinski definition) is 7. The Hall–Kier alpha value is -1.71. The minimum absolute atomic E-state index is 0.233. The fraction of sp³-hybridized carbons (Fsp3) is 0.385. The van der Waals surface area contributed by atoms with Crippen LogP contribution < -0.4 is 14.8 Å². The van der Waals surface area contributed by atoms with E-state index in [2.05, 4.69) is 20.0 Å². The molecule has 0 aliphatic rings. The lowest BCUT2D eigenvalue weighted by Crippen LogP contribution is -2.29. The number of aryl methyl sites for hydroxylation is 2. The van der Waals surface area contributed by atoms with Gasteiger partial charge in [0.1, 0.15) is 0 Å². The molecule has 0 amide bonds. The number of rotatable bonds is 7. The smallest absolute Gasteiger partial charge is 0.241 e. The second-order valence-electron chi connectivity index (χ2n) is 4.52. The lowest BCUT2D eigenvalue weighted by atomic mass is 10.4. The quantitative estimate of drug-likeness (QED) is 0.742. The van der Waals surface area contributed by atoms with Crippen LogP contribution in [0.5, 0.6) is 5.88 Å². The average Bonchev–Trinajstić information content (AvgIpc) is 2.83. The Morgan fingerprint density at radius 3 is 2.73 bits per heavy atom. The fourth-order valence-corrected chi connectivity index (χ4v) is 4.44. The Balaban J connectivity index is 1.89. The van der Waals surface area contributed by atoms with Gasteiger partial charge in [-0.1, -0.05) is 0 Å². The zero-order valence-electron chi connectivity index (χ0n) is 12.6. The molecule has 0 atom stereocenters. The minimum atomic E-state index is -3.48. The second-order valence-corrected chi connectivity index (χ2v) is 7.72. The Morgan fingerprint density at radius 1 is 1.32 bits per heavy atom. The van der Waals surface area contributed by atoms with Gasteiger partial charge in [-0.05, 0) is 19.9 Å². The van der Waals surface area contributed by atoms with E-state index in [9.17, 15) is 8.42 Å². The van der Waals surface area contributed by atoms with E-state index in [1.807, 2.05) is 6.92 Å². The van der Waals surface area contributed by atoms with Crippen molar-refractivity contribution in [3.8, 4) is 5.88 Å². The highest BCUT2D eigenvalue weighted by atomic mass is 32.2. The van der Waals surface area contributed by atoms with E-state index in [4.69, 9.17) is 4.74 Å². The van der Waals surface area contributed by atoms with Crippen LogP contribution in [0.4, 0.5) is 5.95 Å². The maximum atomic E-state index is 12.2. The standard InChI is InChI=1S/C13H18N4O3S2/c1-9-8-11(10(2)21-9)22(18,19)16-7-6-15-13-14-5-4-12(17-13)20-3/h4-5,8,16H,6-7H2,1-3H3,(H,14,15,17). The molecule has 7 nitrogen and oxygen atoms in total. The third-order valence-electron chi connectivity index (χ3n) is 2.82. The maximum Gasteiger partial charge on any atom is 0.241 e. The summed E-state index contributed by atoms with van der Waals surface area (Å²) in [6.07, 6.45) is 1.57. The van der Waals surface area contributed by atoms with Gasteiger partial charge < -0.3 is 10.1 Å². The second kappa shape index (κ2) is 7.03. The third kappa shape index (κ3) is 4.15. The summed E-state index contributed by atoms with van der Waals surface area (Å²) < 4.78 is 31.9. The van der Waals surface area contributed by atoms with E-state index in [1.165, 1.54) is 18.4 Å². The Morgan fingerprint density at radius 2 is 2.09 bits per heavy atom. The Labute approximate surface area is 133 Å². The number of ether oxygens (including phenoxy) is 1. The minimum Gasteiger partial charge on any atom is -0.481 e. The number of methoxy groups -OCH3 is 1. The highest BCUT2D eigenvalue weighted by Crippen LogP contribution is 2.24. The molecule has 0 bridgehead atoms. The monoisotopic (exact) mass is 342 g/mol. The first kappa shape index (κ1) is 16.7. The molecule has 0 saturated carbocycles. The molecule has 2 N–H and O–H groups in total. The summed E-state index contributed by atoms with van der Waals surface area (Å²) >= 11 is 1.47. The largest absolute Gasteiger partial charge is 0.481 e. The highest BCUT2D eigenvalue weighted by molar-refractivity contribution is 7.89.